The standard InChI is InChI=1S/C15H22N2O3/c1-4-15(14(19)20)8-6-10-17(15)13(18)12-7-5-9-16(12)11(2)3/h5,7,9,11H,4,6,8,10H2,1-3H3,(H,19,20). The first-order valence-corrected chi connectivity index (χ1v) is 7.16. The largest absolute Gasteiger partial charge is 0.479 e. The lowest BCUT2D eigenvalue weighted by Crippen LogP contribution is -2.53. The third-order valence-electron chi connectivity index (χ3n) is 4.27. The van der Waals surface area contributed by atoms with Gasteiger partial charge in [-0.3, -0.25) is 4.79 Å². The van der Waals surface area contributed by atoms with Gasteiger partial charge in [0.2, 0.25) is 0 Å². The summed E-state index contributed by atoms with van der Waals surface area (Å²) < 4.78 is 1.89. The van der Waals surface area contributed by atoms with Crippen LogP contribution in [0.25, 0.3) is 0 Å². The Morgan fingerprint density at radius 3 is 2.70 bits per heavy atom. The fourth-order valence-corrected chi connectivity index (χ4v) is 3.08. The summed E-state index contributed by atoms with van der Waals surface area (Å²) in [6.07, 6.45) is 3.58. The topological polar surface area (TPSA) is 62.5 Å². The van der Waals surface area contributed by atoms with Gasteiger partial charge < -0.3 is 14.6 Å². The molecule has 1 unspecified atom stereocenters. The molecule has 1 saturated heterocycles. The summed E-state index contributed by atoms with van der Waals surface area (Å²) in [6, 6.07) is 3.77. The molecule has 110 valence electrons. The Hall–Kier alpha value is -1.78. The number of carboxylic acid groups (broad SMARTS) is 1. The van der Waals surface area contributed by atoms with Crippen LogP contribution in [-0.2, 0) is 4.79 Å². The molecule has 20 heavy (non-hydrogen) atoms. The number of amides is 1. The van der Waals surface area contributed by atoms with Crippen molar-refractivity contribution in [2.24, 2.45) is 0 Å². The zero-order valence-corrected chi connectivity index (χ0v) is 12.3. The summed E-state index contributed by atoms with van der Waals surface area (Å²) in [7, 11) is 0. The fourth-order valence-electron chi connectivity index (χ4n) is 3.08. The van der Waals surface area contributed by atoms with Crippen LogP contribution in [0.2, 0.25) is 0 Å². The summed E-state index contributed by atoms with van der Waals surface area (Å²) in [5, 5.41) is 9.56. The van der Waals surface area contributed by atoms with Gasteiger partial charge in [-0.2, -0.15) is 0 Å². The molecule has 5 heteroatoms. The van der Waals surface area contributed by atoms with Crippen LogP contribution in [-0.4, -0.2) is 38.5 Å². The van der Waals surface area contributed by atoms with Crippen molar-refractivity contribution < 1.29 is 14.7 Å². The summed E-state index contributed by atoms with van der Waals surface area (Å²) in [6.45, 7) is 6.36. The van der Waals surface area contributed by atoms with Gasteiger partial charge in [0.25, 0.3) is 5.91 Å². The van der Waals surface area contributed by atoms with E-state index in [1.807, 2.05) is 37.6 Å². The van der Waals surface area contributed by atoms with Crippen LogP contribution in [0.4, 0.5) is 0 Å². The summed E-state index contributed by atoms with van der Waals surface area (Å²) in [5.74, 6) is -1.07. The Balaban J connectivity index is 2.37. The smallest absolute Gasteiger partial charge is 0.329 e. The number of aliphatic carboxylic acids is 1. The lowest BCUT2D eigenvalue weighted by atomic mass is 9.93. The number of rotatable bonds is 4. The maximum Gasteiger partial charge on any atom is 0.329 e. The molecule has 0 spiro atoms. The van der Waals surface area contributed by atoms with Gasteiger partial charge in [-0.1, -0.05) is 6.92 Å². The maximum atomic E-state index is 12.8. The monoisotopic (exact) mass is 278 g/mol. The highest BCUT2D eigenvalue weighted by Gasteiger charge is 2.49. The number of carbonyl (C=O) groups excluding carboxylic acids is 1. The average Bonchev–Trinajstić information content (AvgIpc) is 3.04. The van der Waals surface area contributed by atoms with Crippen LogP contribution in [0.1, 0.15) is 56.6 Å². The van der Waals surface area contributed by atoms with Crippen LogP contribution < -0.4 is 0 Å². The molecule has 0 saturated carbocycles. The molecule has 0 bridgehead atoms. The fraction of sp³-hybridized carbons (Fsp3) is 0.600. The van der Waals surface area contributed by atoms with Gasteiger partial charge >= 0.3 is 5.97 Å². The maximum absolute atomic E-state index is 12.8. The number of hydrogen-bond acceptors (Lipinski definition) is 2. The minimum atomic E-state index is -1.04. The van der Waals surface area contributed by atoms with Crippen LogP contribution in [0.3, 0.4) is 0 Å². The van der Waals surface area contributed by atoms with Crippen molar-refractivity contribution in [3.63, 3.8) is 0 Å². The van der Waals surface area contributed by atoms with E-state index in [-0.39, 0.29) is 11.9 Å². The zero-order chi connectivity index (χ0) is 14.9. The van der Waals surface area contributed by atoms with E-state index in [2.05, 4.69) is 0 Å². The second-order valence-corrected chi connectivity index (χ2v) is 5.65. The molecule has 1 aromatic rings. The molecule has 1 aliphatic rings. The second kappa shape index (κ2) is 5.31. The highest BCUT2D eigenvalue weighted by atomic mass is 16.4. The van der Waals surface area contributed by atoms with E-state index in [0.717, 1.165) is 6.42 Å². The van der Waals surface area contributed by atoms with Crippen LogP contribution in [0.15, 0.2) is 18.3 Å². The Labute approximate surface area is 119 Å². The molecular formula is C15H22N2O3. The lowest BCUT2D eigenvalue weighted by Gasteiger charge is -2.34. The normalized spacial score (nSPS) is 22.5. The second-order valence-electron chi connectivity index (χ2n) is 5.65. The summed E-state index contributed by atoms with van der Waals surface area (Å²) >= 11 is 0. The molecule has 1 N–H and O–H groups in total. The minimum absolute atomic E-state index is 0.174. The summed E-state index contributed by atoms with van der Waals surface area (Å²) in [4.78, 5) is 26.0. The molecule has 2 rings (SSSR count). The van der Waals surface area contributed by atoms with Crippen LogP contribution in [0, 0.1) is 0 Å². The number of nitrogens with zero attached hydrogens (tertiary/aromatic N) is 2. The van der Waals surface area contributed by atoms with Crippen molar-refractivity contribution in [2.45, 2.75) is 51.6 Å². The first-order valence-electron chi connectivity index (χ1n) is 7.16. The third kappa shape index (κ3) is 2.11. The Morgan fingerprint density at radius 2 is 2.15 bits per heavy atom. The molecule has 1 atom stereocenters. The predicted molar refractivity (Wildman–Crippen MR) is 75.7 cm³/mol. The molecule has 1 amide bonds. The van der Waals surface area contributed by atoms with E-state index in [1.165, 1.54) is 0 Å². The molecule has 1 aliphatic heterocycles. The zero-order valence-electron chi connectivity index (χ0n) is 12.3. The van der Waals surface area contributed by atoms with E-state index in [4.69, 9.17) is 0 Å². The van der Waals surface area contributed by atoms with E-state index in [0.29, 0.717) is 25.1 Å². The molecule has 0 radical (unpaired) electrons. The molecule has 2 heterocycles. The van der Waals surface area contributed by atoms with Crippen LogP contribution >= 0.6 is 0 Å². The van der Waals surface area contributed by atoms with Crippen molar-refractivity contribution >= 4 is 11.9 Å². The van der Waals surface area contributed by atoms with Crippen molar-refractivity contribution in [3.05, 3.63) is 24.0 Å². The van der Waals surface area contributed by atoms with Crippen LogP contribution in [0.5, 0.6) is 0 Å². The molecular weight excluding hydrogens is 256 g/mol. The van der Waals surface area contributed by atoms with Crippen molar-refractivity contribution in [3.8, 4) is 0 Å². The van der Waals surface area contributed by atoms with Gasteiger partial charge in [-0.15, -0.1) is 0 Å². The van der Waals surface area contributed by atoms with E-state index < -0.39 is 11.5 Å². The molecule has 1 aromatic heterocycles. The molecule has 1 fully saturated rings. The highest BCUT2D eigenvalue weighted by Crippen LogP contribution is 2.34. The van der Waals surface area contributed by atoms with Gasteiger partial charge in [0.1, 0.15) is 11.2 Å². The Morgan fingerprint density at radius 1 is 1.45 bits per heavy atom. The highest BCUT2D eigenvalue weighted by molar-refractivity contribution is 5.97. The number of aromatic nitrogens is 1. The number of likely N-dealkylation sites (tertiary alicyclic amines) is 1. The predicted octanol–water partition coefficient (Wildman–Crippen LogP) is 2.54. The summed E-state index contributed by atoms with van der Waals surface area (Å²) in [5.41, 5.74) is -0.468. The van der Waals surface area contributed by atoms with E-state index >= 15 is 0 Å². The third-order valence-corrected chi connectivity index (χ3v) is 4.27. The van der Waals surface area contributed by atoms with Gasteiger partial charge in [-0.25, -0.2) is 4.79 Å². The van der Waals surface area contributed by atoms with Crippen molar-refractivity contribution in [1.82, 2.24) is 9.47 Å². The molecule has 0 aliphatic carbocycles. The van der Waals surface area contributed by atoms with Crippen molar-refractivity contribution in [1.29, 1.82) is 0 Å². The number of carboxylic acids is 1. The number of carbonyl (C=O) groups is 2. The van der Waals surface area contributed by atoms with Gasteiger partial charge in [0, 0.05) is 18.8 Å². The minimum Gasteiger partial charge on any atom is -0.479 e. The van der Waals surface area contributed by atoms with Crippen molar-refractivity contribution in [2.75, 3.05) is 6.54 Å². The molecule has 0 aromatic carbocycles. The Bertz CT molecular complexity index is 521. The first kappa shape index (κ1) is 14.6. The van der Waals surface area contributed by atoms with Gasteiger partial charge in [0.15, 0.2) is 0 Å². The quantitative estimate of drug-likeness (QED) is 0.920. The molecule has 5 nitrogen and oxygen atoms in total. The Kier molecular flexibility index (Phi) is 3.88. The average molecular weight is 278 g/mol. The lowest BCUT2D eigenvalue weighted by molar-refractivity contribution is -0.148. The van der Waals surface area contributed by atoms with E-state index in [9.17, 15) is 14.7 Å². The van der Waals surface area contributed by atoms with E-state index in [1.54, 1.807) is 11.0 Å². The SMILES string of the molecule is CCC1(C(=O)O)CCCN1C(=O)c1cccn1C(C)C. The number of hydrogen-bond donors (Lipinski definition) is 1. The van der Waals surface area contributed by atoms with Gasteiger partial charge in [0.05, 0.1) is 0 Å². The van der Waals surface area contributed by atoms with Gasteiger partial charge in [-0.05, 0) is 45.2 Å². The first-order chi connectivity index (χ1) is 9.44.